The van der Waals surface area contributed by atoms with E-state index in [9.17, 15) is 0 Å². The molecule has 5 heteroatoms. The molecule has 90 valence electrons. The lowest BCUT2D eigenvalue weighted by Gasteiger charge is -2.08. The lowest BCUT2D eigenvalue weighted by Crippen LogP contribution is -1.99. The zero-order valence-corrected chi connectivity index (χ0v) is 12.4. The topological polar surface area (TPSA) is 22.1 Å². The van der Waals surface area contributed by atoms with E-state index in [2.05, 4.69) is 20.9 Å². The van der Waals surface area contributed by atoms with Crippen molar-refractivity contribution in [1.29, 1.82) is 0 Å². The Hall–Kier alpha value is -0.580. The average Bonchev–Trinajstić information content (AvgIpc) is 2.73. The Kier molecular flexibility index (Phi) is 4.42. The quantitative estimate of drug-likeness (QED) is 0.767. The van der Waals surface area contributed by atoms with Gasteiger partial charge in [-0.15, -0.1) is 22.9 Å². The molecule has 0 bridgehead atoms. The lowest BCUT2D eigenvalue weighted by molar-refractivity contribution is 0.305. The summed E-state index contributed by atoms with van der Waals surface area (Å²) in [7, 11) is 0. The van der Waals surface area contributed by atoms with Crippen LogP contribution >= 0.6 is 38.9 Å². The van der Waals surface area contributed by atoms with Crippen molar-refractivity contribution >= 4 is 38.9 Å². The van der Waals surface area contributed by atoms with Crippen LogP contribution in [0.5, 0.6) is 5.75 Å². The van der Waals surface area contributed by atoms with Crippen LogP contribution in [0.2, 0.25) is 0 Å². The lowest BCUT2D eigenvalue weighted by atomic mass is 10.3. The van der Waals surface area contributed by atoms with Gasteiger partial charge >= 0.3 is 0 Å². The number of hydrogen-bond donors (Lipinski definition) is 0. The Bertz CT molecular complexity index is 515. The third-order valence-corrected chi connectivity index (χ3v) is 4.11. The fourth-order valence-electron chi connectivity index (χ4n) is 1.40. The number of halogens is 2. The highest BCUT2D eigenvalue weighted by atomic mass is 79.9. The van der Waals surface area contributed by atoms with Gasteiger partial charge in [0.2, 0.25) is 0 Å². The molecule has 0 atom stereocenters. The highest BCUT2D eigenvalue weighted by Crippen LogP contribution is 2.24. The summed E-state index contributed by atoms with van der Waals surface area (Å²) in [6, 6.07) is 5.89. The van der Waals surface area contributed by atoms with Gasteiger partial charge in [0.05, 0.1) is 11.6 Å². The Morgan fingerprint density at radius 1 is 1.47 bits per heavy atom. The van der Waals surface area contributed by atoms with Gasteiger partial charge in [-0.2, -0.15) is 0 Å². The molecule has 0 aliphatic rings. The van der Waals surface area contributed by atoms with Gasteiger partial charge in [-0.05, 0) is 41.1 Å². The second-order valence-electron chi connectivity index (χ2n) is 3.55. The van der Waals surface area contributed by atoms with Gasteiger partial charge in [-0.1, -0.05) is 0 Å². The molecule has 0 aliphatic carbocycles. The number of hydrogen-bond acceptors (Lipinski definition) is 3. The summed E-state index contributed by atoms with van der Waals surface area (Å²) in [6.45, 7) is 2.49. The molecular formula is C12H11BrClNOS. The second kappa shape index (κ2) is 5.85. The molecule has 0 fully saturated rings. The fraction of sp³-hybridized carbons (Fsp3) is 0.250. The Labute approximate surface area is 118 Å². The van der Waals surface area contributed by atoms with Crippen LogP contribution in [0.4, 0.5) is 0 Å². The van der Waals surface area contributed by atoms with Crippen molar-refractivity contribution in [3.8, 4) is 5.75 Å². The van der Waals surface area contributed by atoms with E-state index in [0.717, 1.165) is 26.5 Å². The number of pyridine rings is 1. The monoisotopic (exact) mass is 331 g/mol. The van der Waals surface area contributed by atoms with Gasteiger partial charge in [0.25, 0.3) is 0 Å². The molecule has 0 aromatic carbocycles. The molecule has 0 aliphatic heterocycles. The van der Waals surface area contributed by atoms with E-state index in [1.165, 1.54) is 0 Å². The summed E-state index contributed by atoms with van der Waals surface area (Å²) < 4.78 is 6.81. The molecule has 2 nitrogen and oxygen atoms in total. The zero-order valence-electron chi connectivity index (χ0n) is 9.24. The van der Waals surface area contributed by atoms with Crippen molar-refractivity contribution in [3.63, 3.8) is 0 Å². The highest BCUT2D eigenvalue weighted by molar-refractivity contribution is 9.10. The maximum Gasteiger partial charge on any atom is 0.142 e. The summed E-state index contributed by atoms with van der Waals surface area (Å²) in [4.78, 5) is 5.51. The molecule has 2 aromatic heterocycles. The third-order valence-electron chi connectivity index (χ3n) is 2.19. The number of thiophene rings is 1. The predicted octanol–water partition coefficient (Wildman–Crippen LogP) is 4.53. The van der Waals surface area contributed by atoms with Gasteiger partial charge in [0, 0.05) is 20.4 Å². The summed E-state index contributed by atoms with van der Waals surface area (Å²) in [5, 5.41) is 2.04. The summed E-state index contributed by atoms with van der Waals surface area (Å²) in [5.74, 6) is 1.13. The predicted molar refractivity (Wildman–Crippen MR) is 74.9 cm³/mol. The van der Waals surface area contributed by atoms with E-state index in [0.29, 0.717) is 12.5 Å². The molecule has 0 amide bonds. The number of ether oxygens (including phenoxy) is 1. The molecule has 0 unspecified atom stereocenters. The first-order valence-corrected chi connectivity index (χ1v) is 7.28. The van der Waals surface area contributed by atoms with Crippen LogP contribution in [0.15, 0.2) is 28.1 Å². The Morgan fingerprint density at radius 3 is 2.94 bits per heavy atom. The molecule has 2 heterocycles. The van der Waals surface area contributed by atoms with Crippen molar-refractivity contribution < 1.29 is 4.74 Å². The number of aryl methyl sites for hydroxylation is 1. The van der Waals surface area contributed by atoms with Crippen molar-refractivity contribution in [2.24, 2.45) is 0 Å². The first-order valence-electron chi connectivity index (χ1n) is 5.07. The minimum Gasteiger partial charge on any atom is -0.486 e. The van der Waals surface area contributed by atoms with E-state index in [1.807, 2.05) is 30.5 Å². The highest BCUT2D eigenvalue weighted by Gasteiger charge is 2.06. The van der Waals surface area contributed by atoms with E-state index < -0.39 is 0 Å². The Balaban J connectivity index is 2.08. The number of alkyl halides is 1. The molecule has 17 heavy (non-hydrogen) atoms. The van der Waals surface area contributed by atoms with Gasteiger partial charge in [-0.3, -0.25) is 4.98 Å². The minimum atomic E-state index is 0.366. The van der Waals surface area contributed by atoms with Crippen LogP contribution in [0.3, 0.4) is 0 Å². The van der Waals surface area contributed by atoms with Crippen molar-refractivity contribution in [2.45, 2.75) is 19.4 Å². The number of nitrogens with zero attached hydrogens (tertiary/aromatic N) is 1. The van der Waals surface area contributed by atoms with Crippen LogP contribution in [-0.2, 0) is 12.5 Å². The van der Waals surface area contributed by atoms with Gasteiger partial charge in [0.1, 0.15) is 12.4 Å². The maximum absolute atomic E-state index is 5.84. The maximum atomic E-state index is 5.84. The van der Waals surface area contributed by atoms with Crippen molar-refractivity contribution in [1.82, 2.24) is 4.98 Å². The summed E-state index contributed by atoms with van der Waals surface area (Å²) in [5.41, 5.74) is 1.74. The van der Waals surface area contributed by atoms with Crippen LogP contribution in [-0.4, -0.2) is 4.98 Å². The summed E-state index contributed by atoms with van der Waals surface area (Å²) >= 11 is 10.9. The molecule has 0 radical (unpaired) electrons. The molecule has 2 aromatic rings. The normalized spacial score (nSPS) is 10.5. The molecular weight excluding hydrogens is 322 g/mol. The van der Waals surface area contributed by atoms with E-state index >= 15 is 0 Å². The first kappa shape index (κ1) is 12.9. The molecule has 0 saturated carbocycles. The third kappa shape index (κ3) is 3.44. The van der Waals surface area contributed by atoms with Crippen LogP contribution < -0.4 is 4.74 Å². The van der Waals surface area contributed by atoms with Gasteiger partial charge in [-0.25, -0.2) is 0 Å². The van der Waals surface area contributed by atoms with E-state index in [4.69, 9.17) is 16.3 Å². The van der Waals surface area contributed by atoms with Crippen LogP contribution in [0.1, 0.15) is 16.3 Å². The standard InChI is InChI=1S/C12H11BrClNOS/c1-8-2-3-12(11(5-14)15-8)16-6-10-4-9(13)7-17-10/h2-4,7H,5-6H2,1H3. The van der Waals surface area contributed by atoms with E-state index in [1.54, 1.807) is 11.3 Å². The smallest absolute Gasteiger partial charge is 0.142 e. The van der Waals surface area contributed by atoms with Crippen LogP contribution in [0.25, 0.3) is 0 Å². The first-order chi connectivity index (χ1) is 8.19. The molecule has 0 N–H and O–H groups in total. The van der Waals surface area contributed by atoms with Gasteiger partial charge < -0.3 is 4.74 Å². The van der Waals surface area contributed by atoms with Gasteiger partial charge in [0.15, 0.2) is 0 Å². The molecule has 0 spiro atoms. The fourth-order valence-corrected chi connectivity index (χ4v) is 2.96. The minimum absolute atomic E-state index is 0.366. The molecule has 2 rings (SSSR count). The summed E-state index contributed by atoms with van der Waals surface area (Å²) in [6.07, 6.45) is 0. The number of rotatable bonds is 4. The van der Waals surface area contributed by atoms with E-state index in [-0.39, 0.29) is 0 Å². The zero-order chi connectivity index (χ0) is 12.3. The van der Waals surface area contributed by atoms with Crippen molar-refractivity contribution in [2.75, 3.05) is 0 Å². The molecule has 0 saturated heterocycles. The average molecular weight is 333 g/mol. The van der Waals surface area contributed by atoms with Crippen LogP contribution in [0, 0.1) is 6.92 Å². The number of aromatic nitrogens is 1. The second-order valence-corrected chi connectivity index (χ2v) is 5.73. The SMILES string of the molecule is Cc1ccc(OCc2cc(Br)cs2)c(CCl)n1. The largest absolute Gasteiger partial charge is 0.486 e. The van der Waals surface area contributed by atoms with Crippen molar-refractivity contribution in [3.05, 3.63) is 44.3 Å². The Morgan fingerprint density at radius 2 is 2.29 bits per heavy atom.